The van der Waals surface area contributed by atoms with Gasteiger partial charge in [-0.25, -0.2) is 9.97 Å². The molecule has 0 spiro atoms. The Bertz CT molecular complexity index is 546. The molecule has 0 amide bonds. The molecule has 1 aromatic heterocycles. The van der Waals surface area contributed by atoms with Crippen molar-refractivity contribution in [3.8, 4) is 17.4 Å². The smallest absolute Gasteiger partial charge is 0.222 e. The first-order chi connectivity index (χ1) is 8.72. The first-order valence-electron chi connectivity index (χ1n) is 5.55. The molecule has 0 bridgehead atoms. The zero-order valence-electron chi connectivity index (χ0n) is 10.2. The predicted octanol–water partition coefficient (Wildman–Crippen LogP) is 3.60. The number of methoxy groups -OCH3 is 1. The molecule has 0 aliphatic carbocycles. The van der Waals surface area contributed by atoms with Gasteiger partial charge in [-0.2, -0.15) is 0 Å². The summed E-state index contributed by atoms with van der Waals surface area (Å²) < 4.78 is 11.6. The number of benzene rings is 1. The summed E-state index contributed by atoms with van der Waals surface area (Å²) in [5.74, 6) is 2.00. The molecule has 0 fully saturated rings. The van der Waals surface area contributed by atoms with Gasteiger partial charge < -0.3 is 9.47 Å². The van der Waals surface area contributed by atoms with Gasteiger partial charge >= 0.3 is 0 Å². The maximum absolute atomic E-state index is 5.70. The molecule has 18 heavy (non-hydrogen) atoms. The van der Waals surface area contributed by atoms with Crippen LogP contribution in [-0.4, -0.2) is 17.1 Å². The van der Waals surface area contributed by atoms with E-state index in [0.29, 0.717) is 11.6 Å². The van der Waals surface area contributed by atoms with Gasteiger partial charge in [0.2, 0.25) is 5.88 Å². The van der Waals surface area contributed by atoms with E-state index in [1.165, 1.54) is 6.33 Å². The van der Waals surface area contributed by atoms with Gasteiger partial charge in [-0.05, 0) is 40.5 Å². The summed E-state index contributed by atoms with van der Waals surface area (Å²) in [5.41, 5.74) is 0.949. The summed E-state index contributed by atoms with van der Waals surface area (Å²) in [7, 11) is 1.63. The van der Waals surface area contributed by atoms with Crippen LogP contribution in [0.25, 0.3) is 0 Å². The molecular weight excluding hydrogens is 296 g/mol. The lowest BCUT2D eigenvalue weighted by Crippen LogP contribution is -1.93. The average molecular weight is 309 g/mol. The van der Waals surface area contributed by atoms with Crippen molar-refractivity contribution in [1.82, 2.24) is 9.97 Å². The SMILES string of the molecule is CCc1cc(Oc2ccc(OC)cc2Br)ncn1. The Morgan fingerprint density at radius 1 is 1.22 bits per heavy atom. The van der Waals surface area contributed by atoms with Crippen molar-refractivity contribution in [2.24, 2.45) is 0 Å². The van der Waals surface area contributed by atoms with E-state index in [1.807, 2.05) is 31.2 Å². The summed E-state index contributed by atoms with van der Waals surface area (Å²) in [6.07, 6.45) is 2.36. The molecule has 0 N–H and O–H groups in total. The highest BCUT2D eigenvalue weighted by atomic mass is 79.9. The quantitative estimate of drug-likeness (QED) is 0.865. The first-order valence-corrected chi connectivity index (χ1v) is 6.34. The molecule has 1 aromatic carbocycles. The van der Waals surface area contributed by atoms with E-state index in [2.05, 4.69) is 25.9 Å². The van der Waals surface area contributed by atoms with Gasteiger partial charge in [0.1, 0.15) is 17.8 Å². The van der Waals surface area contributed by atoms with Crippen LogP contribution >= 0.6 is 15.9 Å². The third kappa shape index (κ3) is 2.98. The minimum Gasteiger partial charge on any atom is -0.497 e. The van der Waals surface area contributed by atoms with Crippen LogP contribution in [0.1, 0.15) is 12.6 Å². The number of aromatic nitrogens is 2. The first kappa shape index (κ1) is 12.8. The van der Waals surface area contributed by atoms with Crippen LogP contribution in [0.15, 0.2) is 35.1 Å². The van der Waals surface area contributed by atoms with E-state index in [0.717, 1.165) is 22.3 Å². The molecule has 2 aromatic rings. The lowest BCUT2D eigenvalue weighted by atomic mass is 10.3. The molecule has 0 unspecified atom stereocenters. The third-order valence-corrected chi connectivity index (χ3v) is 3.03. The van der Waals surface area contributed by atoms with E-state index < -0.39 is 0 Å². The van der Waals surface area contributed by atoms with Crippen molar-refractivity contribution in [3.63, 3.8) is 0 Å². The number of hydrogen-bond donors (Lipinski definition) is 0. The topological polar surface area (TPSA) is 44.2 Å². The molecule has 4 nitrogen and oxygen atoms in total. The molecule has 1 heterocycles. The summed E-state index contributed by atoms with van der Waals surface area (Å²) in [6.45, 7) is 2.04. The summed E-state index contributed by atoms with van der Waals surface area (Å²) in [5, 5.41) is 0. The van der Waals surface area contributed by atoms with Crippen molar-refractivity contribution >= 4 is 15.9 Å². The lowest BCUT2D eigenvalue weighted by Gasteiger charge is -2.08. The van der Waals surface area contributed by atoms with Crippen LogP contribution in [0.2, 0.25) is 0 Å². The van der Waals surface area contributed by atoms with Crippen LogP contribution in [0, 0.1) is 0 Å². The van der Waals surface area contributed by atoms with Gasteiger partial charge in [0.15, 0.2) is 0 Å². The minimum absolute atomic E-state index is 0.535. The van der Waals surface area contributed by atoms with E-state index in [4.69, 9.17) is 9.47 Å². The largest absolute Gasteiger partial charge is 0.497 e. The number of hydrogen-bond acceptors (Lipinski definition) is 4. The van der Waals surface area contributed by atoms with Crippen molar-refractivity contribution in [1.29, 1.82) is 0 Å². The molecule has 94 valence electrons. The van der Waals surface area contributed by atoms with Gasteiger partial charge in [-0.1, -0.05) is 6.92 Å². The van der Waals surface area contributed by atoms with E-state index in [-0.39, 0.29) is 0 Å². The monoisotopic (exact) mass is 308 g/mol. The number of rotatable bonds is 4. The van der Waals surface area contributed by atoms with E-state index in [1.54, 1.807) is 7.11 Å². The zero-order valence-corrected chi connectivity index (χ0v) is 11.8. The van der Waals surface area contributed by atoms with E-state index in [9.17, 15) is 0 Å². The number of nitrogens with zero attached hydrogens (tertiary/aromatic N) is 2. The Labute approximate surface area is 114 Å². The molecule has 2 rings (SSSR count). The average Bonchev–Trinajstić information content (AvgIpc) is 2.41. The Morgan fingerprint density at radius 2 is 2.06 bits per heavy atom. The second kappa shape index (κ2) is 5.82. The second-order valence-corrected chi connectivity index (χ2v) is 4.45. The van der Waals surface area contributed by atoms with Crippen LogP contribution in [0.4, 0.5) is 0 Å². The Hall–Kier alpha value is -1.62. The molecule has 0 aliphatic heterocycles. The molecule has 0 radical (unpaired) electrons. The summed E-state index contributed by atoms with van der Waals surface area (Å²) in [4.78, 5) is 8.21. The highest BCUT2D eigenvalue weighted by molar-refractivity contribution is 9.10. The maximum atomic E-state index is 5.70. The molecule has 0 saturated heterocycles. The normalized spacial score (nSPS) is 10.2. The molecule has 0 saturated carbocycles. The van der Waals surface area contributed by atoms with Crippen LogP contribution in [-0.2, 0) is 6.42 Å². The van der Waals surface area contributed by atoms with Gasteiger partial charge in [-0.3, -0.25) is 0 Å². The second-order valence-electron chi connectivity index (χ2n) is 3.60. The zero-order chi connectivity index (χ0) is 13.0. The van der Waals surface area contributed by atoms with Crippen LogP contribution < -0.4 is 9.47 Å². The van der Waals surface area contributed by atoms with Gasteiger partial charge in [0, 0.05) is 11.8 Å². The van der Waals surface area contributed by atoms with Crippen molar-refractivity contribution in [2.45, 2.75) is 13.3 Å². The Morgan fingerprint density at radius 3 is 2.72 bits per heavy atom. The molecule has 0 atom stereocenters. The fourth-order valence-corrected chi connectivity index (χ4v) is 1.87. The lowest BCUT2D eigenvalue weighted by molar-refractivity contribution is 0.411. The van der Waals surface area contributed by atoms with Crippen LogP contribution in [0.3, 0.4) is 0 Å². The van der Waals surface area contributed by atoms with E-state index >= 15 is 0 Å². The van der Waals surface area contributed by atoms with Crippen molar-refractivity contribution in [3.05, 3.63) is 40.8 Å². The fraction of sp³-hybridized carbons (Fsp3) is 0.231. The maximum Gasteiger partial charge on any atom is 0.222 e. The third-order valence-electron chi connectivity index (χ3n) is 2.41. The van der Waals surface area contributed by atoms with Crippen molar-refractivity contribution < 1.29 is 9.47 Å². The molecular formula is C13H13BrN2O2. The number of ether oxygens (including phenoxy) is 2. The standard InChI is InChI=1S/C13H13BrN2O2/c1-3-9-6-13(16-8-15-9)18-12-5-4-10(17-2)7-11(12)14/h4-8H,3H2,1-2H3. The highest BCUT2D eigenvalue weighted by Crippen LogP contribution is 2.31. The Balaban J connectivity index is 2.22. The predicted molar refractivity (Wildman–Crippen MR) is 72.2 cm³/mol. The summed E-state index contributed by atoms with van der Waals surface area (Å²) >= 11 is 3.43. The van der Waals surface area contributed by atoms with Crippen molar-refractivity contribution in [2.75, 3.05) is 7.11 Å². The highest BCUT2D eigenvalue weighted by Gasteiger charge is 2.06. The Kier molecular flexibility index (Phi) is 4.15. The fourth-order valence-electron chi connectivity index (χ4n) is 1.43. The van der Waals surface area contributed by atoms with Gasteiger partial charge in [0.25, 0.3) is 0 Å². The number of aryl methyl sites for hydroxylation is 1. The molecule has 0 aliphatic rings. The molecule has 5 heteroatoms. The summed E-state index contributed by atoms with van der Waals surface area (Å²) in [6, 6.07) is 7.34. The van der Waals surface area contributed by atoms with Crippen LogP contribution in [0.5, 0.6) is 17.4 Å². The number of halogens is 1. The van der Waals surface area contributed by atoms with Gasteiger partial charge in [-0.15, -0.1) is 0 Å². The minimum atomic E-state index is 0.535. The van der Waals surface area contributed by atoms with Gasteiger partial charge in [0.05, 0.1) is 11.6 Å².